The van der Waals surface area contributed by atoms with Crippen molar-refractivity contribution in [1.82, 2.24) is 20.2 Å². The predicted octanol–water partition coefficient (Wildman–Crippen LogP) is 3.21. The third-order valence-electron chi connectivity index (χ3n) is 5.66. The summed E-state index contributed by atoms with van der Waals surface area (Å²) >= 11 is 0. The number of rotatable bonds is 3. The first-order valence-electron chi connectivity index (χ1n) is 9.58. The van der Waals surface area contributed by atoms with Crippen molar-refractivity contribution in [3.8, 4) is 0 Å². The number of nitrogens with zero attached hydrogens (tertiary/aromatic N) is 2. The van der Waals surface area contributed by atoms with Gasteiger partial charge in [0.05, 0.1) is 12.0 Å². The number of piperidine rings is 1. The van der Waals surface area contributed by atoms with Gasteiger partial charge in [-0.2, -0.15) is 0 Å². The number of likely N-dealkylation sites (tertiary alicyclic amines) is 1. The normalized spacial score (nSPS) is 20.4. The monoisotopic (exact) mass is 374 g/mol. The molecule has 2 aliphatic rings. The van der Waals surface area contributed by atoms with Gasteiger partial charge in [-0.1, -0.05) is 0 Å². The van der Waals surface area contributed by atoms with E-state index in [0.717, 1.165) is 49.6 Å². The zero-order valence-electron chi connectivity index (χ0n) is 15.2. The van der Waals surface area contributed by atoms with Crippen LogP contribution < -0.4 is 5.32 Å². The van der Waals surface area contributed by atoms with Gasteiger partial charge in [-0.25, -0.2) is 18.6 Å². The van der Waals surface area contributed by atoms with Gasteiger partial charge in [-0.15, -0.1) is 0 Å². The van der Waals surface area contributed by atoms with Crippen LogP contribution in [-0.4, -0.2) is 40.0 Å². The van der Waals surface area contributed by atoms with Gasteiger partial charge in [0, 0.05) is 37.3 Å². The SMILES string of the molecule is O=C(NC1CCc2nc[nH]c2C1)N1CCC(Cc2cc(F)cc(F)c2)CC1. The second kappa shape index (κ2) is 7.66. The first-order valence-corrected chi connectivity index (χ1v) is 9.58. The van der Waals surface area contributed by atoms with Crippen LogP contribution in [0.3, 0.4) is 0 Å². The van der Waals surface area contributed by atoms with Crippen LogP contribution in [0.4, 0.5) is 13.6 Å². The summed E-state index contributed by atoms with van der Waals surface area (Å²) in [5.74, 6) is -0.720. The van der Waals surface area contributed by atoms with Crippen molar-refractivity contribution in [2.45, 2.75) is 44.6 Å². The quantitative estimate of drug-likeness (QED) is 0.867. The van der Waals surface area contributed by atoms with Gasteiger partial charge >= 0.3 is 6.03 Å². The molecular weight excluding hydrogens is 350 g/mol. The van der Waals surface area contributed by atoms with Crippen molar-refractivity contribution in [1.29, 1.82) is 0 Å². The van der Waals surface area contributed by atoms with Gasteiger partial charge in [-0.05, 0) is 55.7 Å². The average molecular weight is 374 g/mol. The summed E-state index contributed by atoms with van der Waals surface area (Å²) in [5, 5.41) is 3.14. The summed E-state index contributed by atoms with van der Waals surface area (Å²) in [4.78, 5) is 21.8. The number of aromatic amines is 1. The number of halogens is 2. The highest BCUT2D eigenvalue weighted by molar-refractivity contribution is 5.74. The largest absolute Gasteiger partial charge is 0.348 e. The van der Waals surface area contributed by atoms with Crippen LogP contribution >= 0.6 is 0 Å². The summed E-state index contributed by atoms with van der Waals surface area (Å²) in [6, 6.07) is 3.81. The van der Waals surface area contributed by atoms with Crippen LogP contribution in [0.1, 0.15) is 36.2 Å². The highest BCUT2D eigenvalue weighted by atomic mass is 19.1. The van der Waals surface area contributed by atoms with Crippen molar-refractivity contribution in [3.63, 3.8) is 0 Å². The van der Waals surface area contributed by atoms with Crippen molar-refractivity contribution in [2.75, 3.05) is 13.1 Å². The molecule has 27 heavy (non-hydrogen) atoms. The standard InChI is InChI=1S/C20H24F2N4O/c21-15-8-14(9-16(22)10-15)7-13-3-5-26(6-4-13)20(27)25-17-1-2-18-19(11-17)24-12-23-18/h8-10,12-13,17H,1-7,11H2,(H,23,24)(H,25,27). The van der Waals surface area contributed by atoms with E-state index in [1.54, 1.807) is 6.33 Å². The van der Waals surface area contributed by atoms with Crippen LogP contribution in [0.25, 0.3) is 0 Å². The van der Waals surface area contributed by atoms with Crippen molar-refractivity contribution in [3.05, 3.63) is 53.1 Å². The van der Waals surface area contributed by atoms with Crippen LogP contribution in [0, 0.1) is 17.6 Å². The lowest BCUT2D eigenvalue weighted by atomic mass is 9.90. The lowest BCUT2D eigenvalue weighted by Crippen LogP contribution is -2.49. The molecule has 2 heterocycles. The minimum Gasteiger partial charge on any atom is -0.348 e. The van der Waals surface area contributed by atoms with Gasteiger partial charge in [0.15, 0.2) is 0 Å². The molecule has 2 N–H and O–H groups in total. The maximum atomic E-state index is 13.3. The van der Waals surface area contributed by atoms with Gasteiger partial charge in [0.25, 0.3) is 0 Å². The molecule has 0 bridgehead atoms. The highest BCUT2D eigenvalue weighted by Gasteiger charge is 2.27. The summed E-state index contributed by atoms with van der Waals surface area (Å²) in [5.41, 5.74) is 2.91. The molecular formula is C20H24F2N4O. The number of imidazole rings is 1. The number of amides is 2. The fourth-order valence-electron chi connectivity index (χ4n) is 4.19. The topological polar surface area (TPSA) is 61.0 Å². The molecule has 2 amide bonds. The third kappa shape index (κ3) is 4.28. The Hall–Kier alpha value is -2.44. The summed E-state index contributed by atoms with van der Waals surface area (Å²) < 4.78 is 26.7. The number of fused-ring (bicyclic) bond motifs is 1. The Bertz CT molecular complexity index is 794. The highest BCUT2D eigenvalue weighted by Crippen LogP contribution is 2.23. The molecule has 2 aromatic rings. The maximum Gasteiger partial charge on any atom is 0.317 e. The Morgan fingerprint density at radius 3 is 2.67 bits per heavy atom. The van der Waals surface area contributed by atoms with Crippen LogP contribution in [0.15, 0.2) is 24.5 Å². The minimum absolute atomic E-state index is 0.0155. The zero-order valence-corrected chi connectivity index (χ0v) is 15.2. The molecule has 7 heteroatoms. The van der Waals surface area contributed by atoms with E-state index in [1.165, 1.54) is 12.1 Å². The van der Waals surface area contributed by atoms with Gasteiger partial charge < -0.3 is 15.2 Å². The van der Waals surface area contributed by atoms with E-state index >= 15 is 0 Å². The first kappa shape index (κ1) is 17.9. The maximum absolute atomic E-state index is 13.3. The number of carbonyl (C=O) groups excluding carboxylic acids is 1. The fraction of sp³-hybridized carbons (Fsp3) is 0.500. The van der Waals surface area contributed by atoms with E-state index in [1.807, 2.05) is 4.90 Å². The number of urea groups is 1. The van der Waals surface area contributed by atoms with E-state index in [0.29, 0.717) is 31.0 Å². The smallest absolute Gasteiger partial charge is 0.317 e. The number of hydrogen-bond acceptors (Lipinski definition) is 2. The van der Waals surface area contributed by atoms with Crippen molar-refractivity contribution in [2.24, 2.45) is 5.92 Å². The summed E-state index contributed by atoms with van der Waals surface area (Å²) in [7, 11) is 0. The number of aromatic nitrogens is 2. The Kier molecular flexibility index (Phi) is 5.09. The molecule has 1 aliphatic carbocycles. The van der Waals surface area contributed by atoms with Crippen molar-refractivity contribution < 1.29 is 13.6 Å². The van der Waals surface area contributed by atoms with Crippen LogP contribution in [0.2, 0.25) is 0 Å². The van der Waals surface area contributed by atoms with Gasteiger partial charge in [0.1, 0.15) is 11.6 Å². The van der Waals surface area contributed by atoms with Crippen LogP contribution in [0.5, 0.6) is 0 Å². The Balaban J connectivity index is 1.26. The Labute approximate surface area is 157 Å². The number of hydrogen-bond donors (Lipinski definition) is 2. The molecule has 0 saturated carbocycles. The summed E-state index contributed by atoms with van der Waals surface area (Å²) in [6.07, 6.45) is 6.64. The fourth-order valence-corrected chi connectivity index (χ4v) is 4.19. The number of benzene rings is 1. The molecule has 1 saturated heterocycles. The van der Waals surface area contributed by atoms with E-state index in [2.05, 4.69) is 15.3 Å². The number of aryl methyl sites for hydroxylation is 1. The Morgan fingerprint density at radius 2 is 1.93 bits per heavy atom. The molecule has 1 aliphatic heterocycles. The second-order valence-electron chi connectivity index (χ2n) is 7.63. The lowest BCUT2D eigenvalue weighted by molar-refractivity contribution is 0.166. The molecule has 1 atom stereocenters. The Morgan fingerprint density at radius 1 is 1.19 bits per heavy atom. The van der Waals surface area contributed by atoms with E-state index < -0.39 is 11.6 Å². The molecule has 1 aromatic carbocycles. The van der Waals surface area contributed by atoms with Crippen LogP contribution in [-0.2, 0) is 19.3 Å². The molecule has 0 radical (unpaired) electrons. The third-order valence-corrected chi connectivity index (χ3v) is 5.66. The van der Waals surface area contributed by atoms with E-state index in [9.17, 15) is 13.6 Å². The number of H-pyrrole nitrogens is 1. The molecule has 5 nitrogen and oxygen atoms in total. The molecule has 1 aromatic heterocycles. The van der Waals surface area contributed by atoms with Crippen molar-refractivity contribution >= 4 is 6.03 Å². The zero-order chi connectivity index (χ0) is 18.8. The molecule has 4 rings (SSSR count). The minimum atomic E-state index is -0.533. The predicted molar refractivity (Wildman–Crippen MR) is 97.3 cm³/mol. The first-order chi connectivity index (χ1) is 13.1. The number of carbonyl (C=O) groups is 1. The van der Waals surface area contributed by atoms with Gasteiger partial charge in [0.2, 0.25) is 0 Å². The molecule has 1 unspecified atom stereocenters. The molecule has 144 valence electrons. The summed E-state index contributed by atoms with van der Waals surface area (Å²) in [6.45, 7) is 1.35. The molecule has 0 spiro atoms. The average Bonchev–Trinajstić information content (AvgIpc) is 3.09. The second-order valence-corrected chi connectivity index (χ2v) is 7.63. The van der Waals surface area contributed by atoms with Gasteiger partial charge in [-0.3, -0.25) is 0 Å². The van der Waals surface area contributed by atoms with E-state index in [4.69, 9.17) is 0 Å². The number of nitrogens with one attached hydrogen (secondary N) is 2. The molecule has 1 fully saturated rings. The van der Waals surface area contributed by atoms with E-state index in [-0.39, 0.29) is 12.1 Å². The lowest BCUT2D eigenvalue weighted by Gasteiger charge is -2.34.